The number of aromatic nitrogens is 2. The predicted molar refractivity (Wildman–Crippen MR) is 78.5 cm³/mol. The highest BCUT2D eigenvalue weighted by molar-refractivity contribution is 7.97. The van der Waals surface area contributed by atoms with Gasteiger partial charge in [0, 0.05) is 12.6 Å². The van der Waals surface area contributed by atoms with Crippen LogP contribution >= 0.6 is 23.4 Å². The summed E-state index contributed by atoms with van der Waals surface area (Å²) in [5.41, 5.74) is 5.62. The third kappa shape index (κ3) is 4.51. The summed E-state index contributed by atoms with van der Waals surface area (Å²) in [4.78, 5) is 10.1. The molecular formula is C11H19ClN4OS. The first-order valence-corrected chi connectivity index (χ1v) is 7.64. The average Bonchev–Trinajstić information content (AvgIpc) is 2.29. The van der Waals surface area contributed by atoms with E-state index < -0.39 is 0 Å². The van der Waals surface area contributed by atoms with E-state index in [1.54, 1.807) is 17.8 Å². The minimum absolute atomic E-state index is 0.184. The predicted octanol–water partition coefficient (Wildman–Crippen LogP) is 1.92. The Morgan fingerprint density at radius 3 is 2.72 bits per heavy atom. The summed E-state index contributed by atoms with van der Waals surface area (Å²) >= 11 is 7.51. The quantitative estimate of drug-likeness (QED) is 0.797. The van der Waals surface area contributed by atoms with Crippen LogP contribution in [0.5, 0.6) is 0 Å². The Hall–Kier alpha value is -0.720. The Morgan fingerprint density at radius 2 is 2.17 bits per heavy atom. The van der Waals surface area contributed by atoms with Crippen molar-refractivity contribution in [3.8, 4) is 0 Å². The SMILES string of the molecule is CC1COCCN1c1cc(N)nc(Cl)n1.CSC. The van der Waals surface area contributed by atoms with Gasteiger partial charge in [-0.05, 0) is 31.0 Å². The molecule has 102 valence electrons. The zero-order chi connectivity index (χ0) is 13.5. The number of anilines is 2. The van der Waals surface area contributed by atoms with Crippen molar-refractivity contribution in [2.75, 3.05) is 42.9 Å². The second-order valence-corrected chi connectivity index (χ2v) is 5.10. The Morgan fingerprint density at radius 1 is 1.50 bits per heavy atom. The van der Waals surface area contributed by atoms with Crippen molar-refractivity contribution < 1.29 is 4.74 Å². The van der Waals surface area contributed by atoms with Crippen LogP contribution in [0.25, 0.3) is 0 Å². The molecule has 5 nitrogen and oxygen atoms in total. The molecule has 7 heteroatoms. The van der Waals surface area contributed by atoms with Gasteiger partial charge < -0.3 is 15.4 Å². The van der Waals surface area contributed by atoms with Gasteiger partial charge in [-0.3, -0.25) is 0 Å². The lowest BCUT2D eigenvalue weighted by molar-refractivity contribution is 0.0985. The highest BCUT2D eigenvalue weighted by atomic mass is 35.5. The van der Waals surface area contributed by atoms with Gasteiger partial charge in [0.15, 0.2) is 0 Å². The molecule has 18 heavy (non-hydrogen) atoms. The summed E-state index contributed by atoms with van der Waals surface area (Å²) in [5, 5.41) is 0.184. The number of nitrogens with two attached hydrogens (primary N) is 1. The Kier molecular flexibility index (Phi) is 6.52. The summed E-state index contributed by atoms with van der Waals surface area (Å²) in [7, 11) is 0. The Labute approximate surface area is 117 Å². The smallest absolute Gasteiger partial charge is 0.226 e. The maximum Gasteiger partial charge on any atom is 0.226 e. The third-order valence-corrected chi connectivity index (χ3v) is 2.54. The molecule has 1 fully saturated rings. The third-order valence-electron chi connectivity index (χ3n) is 2.37. The van der Waals surface area contributed by atoms with Crippen molar-refractivity contribution in [2.45, 2.75) is 13.0 Å². The Bertz CT molecular complexity index is 360. The van der Waals surface area contributed by atoms with Crippen LogP contribution in [-0.4, -0.2) is 48.3 Å². The van der Waals surface area contributed by atoms with Crippen LogP contribution in [0.15, 0.2) is 6.07 Å². The van der Waals surface area contributed by atoms with E-state index in [9.17, 15) is 0 Å². The van der Waals surface area contributed by atoms with Crippen LogP contribution in [0.4, 0.5) is 11.6 Å². The molecule has 1 aromatic heterocycles. The molecular weight excluding hydrogens is 272 g/mol. The number of thioether (sulfide) groups is 1. The van der Waals surface area contributed by atoms with Crippen LogP contribution in [-0.2, 0) is 4.74 Å². The molecule has 0 radical (unpaired) electrons. The molecule has 0 saturated carbocycles. The van der Waals surface area contributed by atoms with E-state index in [0.717, 1.165) is 12.4 Å². The van der Waals surface area contributed by atoms with Crippen LogP contribution in [0.2, 0.25) is 5.28 Å². The van der Waals surface area contributed by atoms with E-state index in [1.807, 2.05) is 12.5 Å². The van der Waals surface area contributed by atoms with E-state index in [2.05, 4.69) is 21.8 Å². The second-order valence-electron chi connectivity index (χ2n) is 3.95. The first-order chi connectivity index (χ1) is 8.58. The number of morpholine rings is 1. The van der Waals surface area contributed by atoms with Crippen molar-refractivity contribution in [3.05, 3.63) is 11.3 Å². The monoisotopic (exact) mass is 290 g/mol. The lowest BCUT2D eigenvalue weighted by atomic mass is 10.2. The zero-order valence-corrected chi connectivity index (χ0v) is 12.5. The fourth-order valence-electron chi connectivity index (χ4n) is 1.64. The van der Waals surface area contributed by atoms with Crippen LogP contribution in [0.1, 0.15) is 6.92 Å². The molecule has 0 amide bonds. The molecule has 0 spiro atoms. The fraction of sp³-hybridized carbons (Fsp3) is 0.636. The number of ether oxygens (including phenoxy) is 1. The standard InChI is InChI=1S/C9H13ClN4O.C2H6S/c1-6-5-15-3-2-14(6)8-4-7(11)12-9(10)13-8;1-3-2/h4,6H,2-3,5H2,1H3,(H2,11,12,13);1-2H3. The van der Waals surface area contributed by atoms with E-state index in [1.165, 1.54) is 0 Å². The molecule has 1 atom stereocenters. The molecule has 0 aliphatic carbocycles. The lowest BCUT2D eigenvalue weighted by Crippen LogP contribution is -2.44. The molecule has 1 aliphatic rings. The minimum atomic E-state index is 0.184. The normalized spacial score (nSPS) is 19.1. The van der Waals surface area contributed by atoms with E-state index in [4.69, 9.17) is 22.1 Å². The zero-order valence-electron chi connectivity index (χ0n) is 10.9. The van der Waals surface area contributed by atoms with Gasteiger partial charge in [-0.25, -0.2) is 9.97 Å². The summed E-state index contributed by atoms with van der Waals surface area (Å²) in [6, 6.07) is 2.01. The molecule has 2 N–H and O–H groups in total. The largest absolute Gasteiger partial charge is 0.383 e. The van der Waals surface area contributed by atoms with Crippen molar-refractivity contribution in [1.29, 1.82) is 0 Å². The molecule has 1 saturated heterocycles. The average molecular weight is 291 g/mol. The summed E-state index contributed by atoms with van der Waals surface area (Å²) in [6.07, 6.45) is 4.08. The van der Waals surface area contributed by atoms with Crippen molar-refractivity contribution in [2.24, 2.45) is 0 Å². The highest BCUT2D eigenvalue weighted by Gasteiger charge is 2.20. The number of hydrogen-bond donors (Lipinski definition) is 1. The molecule has 1 aromatic rings. The molecule has 0 aromatic carbocycles. The molecule has 1 aliphatic heterocycles. The van der Waals surface area contributed by atoms with Gasteiger partial charge >= 0.3 is 0 Å². The fourth-order valence-corrected chi connectivity index (χ4v) is 1.82. The molecule has 1 unspecified atom stereocenters. The maximum atomic E-state index is 5.76. The lowest BCUT2D eigenvalue weighted by Gasteiger charge is -2.34. The molecule has 0 bridgehead atoms. The summed E-state index contributed by atoms with van der Waals surface area (Å²) in [6.45, 7) is 4.27. The molecule has 2 heterocycles. The van der Waals surface area contributed by atoms with Gasteiger partial charge in [0.05, 0.1) is 19.3 Å². The first kappa shape index (κ1) is 15.3. The highest BCUT2D eigenvalue weighted by Crippen LogP contribution is 2.20. The minimum Gasteiger partial charge on any atom is -0.383 e. The van der Waals surface area contributed by atoms with E-state index in [0.29, 0.717) is 19.0 Å². The summed E-state index contributed by atoms with van der Waals surface area (Å²) < 4.78 is 5.34. The second kappa shape index (κ2) is 7.66. The van der Waals surface area contributed by atoms with Crippen molar-refractivity contribution >= 4 is 35.0 Å². The van der Waals surface area contributed by atoms with E-state index >= 15 is 0 Å². The van der Waals surface area contributed by atoms with Crippen LogP contribution in [0.3, 0.4) is 0 Å². The number of halogens is 1. The van der Waals surface area contributed by atoms with Crippen molar-refractivity contribution in [1.82, 2.24) is 9.97 Å². The van der Waals surface area contributed by atoms with Gasteiger partial charge in [0.25, 0.3) is 0 Å². The number of nitrogen functional groups attached to an aromatic ring is 1. The Balaban J connectivity index is 0.000000492. The maximum absolute atomic E-state index is 5.76. The van der Waals surface area contributed by atoms with Gasteiger partial charge in [-0.15, -0.1) is 0 Å². The van der Waals surface area contributed by atoms with E-state index in [-0.39, 0.29) is 11.3 Å². The van der Waals surface area contributed by atoms with Gasteiger partial charge in [0.2, 0.25) is 5.28 Å². The van der Waals surface area contributed by atoms with Crippen LogP contribution in [0, 0.1) is 0 Å². The topological polar surface area (TPSA) is 64.3 Å². The van der Waals surface area contributed by atoms with Gasteiger partial charge in [0.1, 0.15) is 11.6 Å². The van der Waals surface area contributed by atoms with Crippen molar-refractivity contribution in [3.63, 3.8) is 0 Å². The van der Waals surface area contributed by atoms with Crippen LogP contribution < -0.4 is 10.6 Å². The number of hydrogen-bond acceptors (Lipinski definition) is 6. The van der Waals surface area contributed by atoms with Gasteiger partial charge in [-0.2, -0.15) is 11.8 Å². The van der Waals surface area contributed by atoms with Gasteiger partial charge in [-0.1, -0.05) is 0 Å². The first-order valence-electron chi connectivity index (χ1n) is 5.63. The molecule has 2 rings (SSSR count). The number of rotatable bonds is 1. The number of nitrogens with zero attached hydrogens (tertiary/aromatic N) is 3. The summed E-state index contributed by atoms with van der Waals surface area (Å²) in [5.74, 6) is 1.16.